The Bertz CT molecular complexity index is 769. The fraction of sp³-hybridized carbons (Fsp3) is 0.235. The minimum atomic E-state index is 0.183. The first-order chi connectivity index (χ1) is 8.97. The molecule has 3 rings (SSSR count). The largest absolute Gasteiger partial charge is 0.249 e. The van der Waals surface area contributed by atoms with Gasteiger partial charge < -0.3 is 0 Å². The molecule has 0 amide bonds. The summed E-state index contributed by atoms with van der Waals surface area (Å²) in [6.07, 6.45) is 1.85. The van der Waals surface area contributed by atoms with Crippen LogP contribution in [0.3, 0.4) is 0 Å². The highest BCUT2D eigenvalue weighted by Crippen LogP contribution is 2.32. The van der Waals surface area contributed by atoms with E-state index < -0.39 is 0 Å². The van der Waals surface area contributed by atoms with E-state index in [0.29, 0.717) is 0 Å². The minimum Gasteiger partial charge on any atom is -0.249 e. The van der Waals surface area contributed by atoms with E-state index in [9.17, 15) is 0 Å². The maximum absolute atomic E-state index is 4.29. The number of hydrogen-bond donors (Lipinski definition) is 0. The van der Waals surface area contributed by atoms with Crippen LogP contribution in [-0.4, -0.2) is 4.98 Å². The molecule has 19 heavy (non-hydrogen) atoms. The lowest BCUT2D eigenvalue weighted by atomic mass is 9.85. The monoisotopic (exact) mass is 313 g/mol. The summed E-state index contributed by atoms with van der Waals surface area (Å²) in [6.45, 7) is 6.74. The Morgan fingerprint density at radius 3 is 2.37 bits per heavy atom. The Labute approximate surface area is 121 Å². The summed E-state index contributed by atoms with van der Waals surface area (Å²) in [7, 11) is 0. The molecular weight excluding hydrogens is 298 g/mol. The fourth-order valence-corrected chi connectivity index (χ4v) is 2.89. The predicted molar refractivity (Wildman–Crippen MR) is 85.6 cm³/mol. The molecule has 0 aliphatic heterocycles. The van der Waals surface area contributed by atoms with Crippen LogP contribution in [-0.2, 0) is 5.41 Å². The van der Waals surface area contributed by atoms with Gasteiger partial charge in [0.25, 0.3) is 0 Å². The molecule has 0 atom stereocenters. The van der Waals surface area contributed by atoms with E-state index >= 15 is 0 Å². The van der Waals surface area contributed by atoms with Crippen molar-refractivity contribution in [3.63, 3.8) is 0 Å². The van der Waals surface area contributed by atoms with Crippen molar-refractivity contribution in [1.29, 1.82) is 0 Å². The highest BCUT2D eigenvalue weighted by Gasteiger charge is 2.14. The molecule has 0 aliphatic carbocycles. The lowest BCUT2D eigenvalue weighted by Crippen LogP contribution is -2.10. The topological polar surface area (TPSA) is 12.9 Å². The Morgan fingerprint density at radius 2 is 1.63 bits per heavy atom. The van der Waals surface area contributed by atoms with Crippen LogP contribution in [0.15, 0.2) is 47.2 Å². The maximum Gasteiger partial charge on any atom is 0.113 e. The number of hydrogen-bond acceptors (Lipinski definition) is 1. The van der Waals surface area contributed by atoms with E-state index in [-0.39, 0.29) is 5.41 Å². The quantitative estimate of drug-likeness (QED) is 0.397. The first-order valence-electron chi connectivity index (χ1n) is 6.44. The minimum absolute atomic E-state index is 0.183. The highest BCUT2D eigenvalue weighted by atomic mass is 79.9. The molecule has 0 radical (unpaired) electrons. The van der Waals surface area contributed by atoms with Crippen LogP contribution in [0.5, 0.6) is 0 Å². The van der Waals surface area contributed by atoms with Crippen LogP contribution >= 0.6 is 15.9 Å². The smallest absolute Gasteiger partial charge is 0.113 e. The SMILES string of the molecule is CC(C)(C)c1ccc2c(ccc3c(Br)nccc32)c1. The molecule has 0 spiro atoms. The number of fused-ring (bicyclic) bond motifs is 3. The molecule has 96 valence electrons. The van der Waals surface area contributed by atoms with Crippen molar-refractivity contribution in [2.24, 2.45) is 0 Å². The van der Waals surface area contributed by atoms with Crippen LogP contribution in [0.1, 0.15) is 26.3 Å². The zero-order valence-electron chi connectivity index (χ0n) is 11.4. The molecule has 0 aliphatic rings. The van der Waals surface area contributed by atoms with Gasteiger partial charge in [0.05, 0.1) is 0 Å². The summed E-state index contributed by atoms with van der Waals surface area (Å²) in [5.41, 5.74) is 1.55. The molecule has 0 N–H and O–H groups in total. The van der Waals surface area contributed by atoms with Crippen LogP contribution in [0.2, 0.25) is 0 Å². The Morgan fingerprint density at radius 1 is 0.895 bits per heavy atom. The van der Waals surface area contributed by atoms with Crippen molar-refractivity contribution >= 4 is 37.5 Å². The number of benzene rings is 2. The Hall–Kier alpha value is -1.41. The predicted octanol–water partition coefficient (Wildman–Crippen LogP) is 5.45. The summed E-state index contributed by atoms with van der Waals surface area (Å²) in [5, 5.41) is 4.99. The lowest BCUT2D eigenvalue weighted by molar-refractivity contribution is 0.591. The first kappa shape index (κ1) is 12.6. The van der Waals surface area contributed by atoms with Gasteiger partial charge in [0.2, 0.25) is 0 Å². The second kappa shape index (κ2) is 4.31. The second-order valence-corrected chi connectivity index (χ2v) is 6.70. The molecule has 1 heterocycles. The zero-order chi connectivity index (χ0) is 13.6. The van der Waals surface area contributed by atoms with Gasteiger partial charge in [-0.25, -0.2) is 4.98 Å². The summed E-state index contributed by atoms with van der Waals surface area (Å²) in [4.78, 5) is 4.29. The molecule has 2 aromatic carbocycles. The van der Waals surface area contributed by atoms with Crippen LogP contribution in [0.4, 0.5) is 0 Å². The van der Waals surface area contributed by atoms with E-state index in [4.69, 9.17) is 0 Å². The van der Waals surface area contributed by atoms with Crippen molar-refractivity contribution in [1.82, 2.24) is 4.98 Å². The molecule has 1 nitrogen and oxygen atoms in total. The van der Waals surface area contributed by atoms with Gasteiger partial charge in [0, 0.05) is 11.6 Å². The third-order valence-electron chi connectivity index (χ3n) is 3.58. The fourth-order valence-electron chi connectivity index (χ4n) is 2.43. The van der Waals surface area contributed by atoms with Crippen molar-refractivity contribution in [2.45, 2.75) is 26.2 Å². The highest BCUT2D eigenvalue weighted by molar-refractivity contribution is 9.10. The van der Waals surface area contributed by atoms with Gasteiger partial charge in [-0.05, 0) is 49.1 Å². The van der Waals surface area contributed by atoms with Gasteiger partial charge in [-0.3, -0.25) is 0 Å². The van der Waals surface area contributed by atoms with Crippen LogP contribution < -0.4 is 0 Å². The van der Waals surface area contributed by atoms with Crippen molar-refractivity contribution in [3.8, 4) is 0 Å². The third-order valence-corrected chi connectivity index (χ3v) is 4.21. The Balaban J connectivity index is 2.36. The Kier molecular flexibility index (Phi) is 2.86. The van der Waals surface area contributed by atoms with Crippen molar-refractivity contribution in [3.05, 3.63) is 52.8 Å². The van der Waals surface area contributed by atoms with Gasteiger partial charge in [-0.15, -0.1) is 0 Å². The molecule has 2 heteroatoms. The van der Waals surface area contributed by atoms with Crippen molar-refractivity contribution in [2.75, 3.05) is 0 Å². The number of pyridine rings is 1. The first-order valence-corrected chi connectivity index (χ1v) is 7.23. The molecule has 0 bridgehead atoms. The number of halogens is 1. The summed E-state index contributed by atoms with van der Waals surface area (Å²) < 4.78 is 0.909. The molecule has 0 unspecified atom stereocenters. The maximum atomic E-state index is 4.29. The van der Waals surface area contributed by atoms with E-state index in [1.165, 1.54) is 27.1 Å². The molecule has 1 aromatic heterocycles. The number of rotatable bonds is 0. The summed E-state index contributed by atoms with van der Waals surface area (Å²) >= 11 is 3.52. The van der Waals surface area contributed by atoms with Crippen molar-refractivity contribution < 1.29 is 0 Å². The molecule has 0 fully saturated rings. The van der Waals surface area contributed by atoms with Gasteiger partial charge in [0.1, 0.15) is 4.60 Å². The van der Waals surface area contributed by atoms with Gasteiger partial charge >= 0.3 is 0 Å². The van der Waals surface area contributed by atoms with E-state index in [1.54, 1.807) is 0 Å². The molecular formula is C17H16BrN. The summed E-state index contributed by atoms with van der Waals surface area (Å²) in [6, 6.07) is 13.2. The van der Waals surface area contributed by atoms with Crippen LogP contribution in [0.25, 0.3) is 21.5 Å². The van der Waals surface area contributed by atoms with E-state index in [0.717, 1.165) is 4.60 Å². The van der Waals surface area contributed by atoms with Gasteiger partial charge in [-0.1, -0.05) is 51.1 Å². The van der Waals surface area contributed by atoms with Crippen LogP contribution in [0, 0.1) is 0 Å². The third kappa shape index (κ3) is 2.14. The second-order valence-electron chi connectivity index (χ2n) is 5.95. The normalized spacial score (nSPS) is 12.2. The number of nitrogens with zero attached hydrogens (tertiary/aromatic N) is 1. The molecule has 0 saturated carbocycles. The zero-order valence-corrected chi connectivity index (χ0v) is 13.0. The number of aromatic nitrogens is 1. The van der Waals surface area contributed by atoms with E-state index in [2.05, 4.69) is 78.1 Å². The lowest BCUT2D eigenvalue weighted by Gasteiger charge is -2.19. The average molecular weight is 314 g/mol. The molecule has 3 aromatic rings. The van der Waals surface area contributed by atoms with E-state index in [1.807, 2.05) is 6.20 Å². The van der Waals surface area contributed by atoms with Gasteiger partial charge in [0.15, 0.2) is 0 Å². The van der Waals surface area contributed by atoms with Gasteiger partial charge in [-0.2, -0.15) is 0 Å². The summed E-state index contributed by atoms with van der Waals surface area (Å²) in [5.74, 6) is 0. The standard InChI is InChI=1S/C17H16BrN/c1-17(2,3)12-5-7-13-11(10-12)4-6-15-14(13)8-9-19-16(15)18/h4-10H,1-3H3. The molecule has 0 saturated heterocycles. The average Bonchev–Trinajstić information content (AvgIpc) is 2.37.